The predicted molar refractivity (Wildman–Crippen MR) is 67.5 cm³/mol. The third-order valence-electron chi connectivity index (χ3n) is 6.35. The minimum Gasteiger partial charge on any atom is -0.393 e. The molecule has 2 N–H and O–H groups in total. The van der Waals surface area contributed by atoms with Crippen molar-refractivity contribution in [1.29, 1.82) is 0 Å². The summed E-state index contributed by atoms with van der Waals surface area (Å²) in [6.07, 6.45) is 4.25. The summed E-state index contributed by atoms with van der Waals surface area (Å²) in [4.78, 5) is 0. The number of rotatable bonds is 1. The smallest absolute Gasteiger partial charge is 0.0644 e. The van der Waals surface area contributed by atoms with Crippen LogP contribution in [0.4, 0.5) is 0 Å². The molecule has 0 saturated heterocycles. The van der Waals surface area contributed by atoms with Gasteiger partial charge in [0.05, 0.1) is 11.7 Å². The largest absolute Gasteiger partial charge is 0.393 e. The van der Waals surface area contributed by atoms with Crippen LogP contribution in [0.1, 0.15) is 53.4 Å². The van der Waals surface area contributed by atoms with Crippen LogP contribution in [0.5, 0.6) is 0 Å². The zero-order valence-corrected chi connectivity index (χ0v) is 11.5. The van der Waals surface area contributed by atoms with E-state index in [4.69, 9.17) is 0 Å². The van der Waals surface area contributed by atoms with E-state index in [-0.39, 0.29) is 12.0 Å². The normalized spacial score (nSPS) is 57.5. The van der Waals surface area contributed by atoms with Crippen molar-refractivity contribution in [2.45, 2.75) is 65.1 Å². The van der Waals surface area contributed by atoms with Gasteiger partial charge in [-0.3, -0.25) is 0 Å². The first kappa shape index (κ1) is 12.0. The second-order valence-corrected chi connectivity index (χ2v) is 8.08. The van der Waals surface area contributed by atoms with Crippen LogP contribution in [-0.4, -0.2) is 21.9 Å². The molecule has 0 spiro atoms. The lowest BCUT2D eigenvalue weighted by Crippen LogP contribution is -2.50. The average molecular weight is 238 g/mol. The van der Waals surface area contributed by atoms with Gasteiger partial charge in [0, 0.05) is 5.92 Å². The maximum Gasteiger partial charge on any atom is 0.0644 e. The van der Waals surface area contributed by atoms with Crippen LogP contribution in [0.15, 0.2) is 0 Å². The van der Waals surface area contributed by atoms with E-state index in [2.05, 4.69) is 13.8 Å². The van der Waals surface area contributed by atoms with Crippen molar-refractivity contribution in [2.75, 3.05) is 0 Å². The van der Waals surface area contributed by atoms with Crippen LogP contribution in [-0.2, 0) is 0 Å². The highest BCUT2D eigenvalue weighted by atomic mass is 16.3. The summed E-state index contributed by atoms with van der Waals surface area (Å²) in [5.74, 6) is 1.65. The summed E-state index contributed by atoms with van der Waals surface area (Å²) in [6, 6.07) is 0. The molecule has 2 nitrogen and oxygen atoms in total. The van der Waals surface area contributed by atoms with Gasteiger partial charge in [0.2, 0.25) is 0 Å². The highest BCUT2D eigenvalue weighted by Gasteiger charge is 2.69. The Kier molecular flexibility index (Phi) is 2.17. The molecular weight excluding hydrogens is 212 g/mol. The molecule has 0 amide bonds. The molecule has 6 atom stereocenters. The highest BCUT2D eigenvalue weighted by Crippen LogP contribution is 2.76. The van der Waals surface area contributed by atoms with Crippen LogP contribution in [0, 0.1) is 28.6 Å². The maximum atomic E-state index is 10.3. The number of aliphatic hydroxyl groups is 2. The molecule has 3 aliphatic rings. The summed E-state index contributed by atoms with van der Waals surface area (Å²) in [5.41, 5.74) is 0.112. The Morgan fingerprint density at radius 3 is 2.35 bits per heavy atom. The molecule has 0 bridgehead atoms. The average Bonchev–Trinajstić information content (AvgIpc) is 2.67. The standard InChI is InChI=1S/C15H26O2/c1-13(2,17)10-5-12-14(3,8-11(10)16)6-9-7-15(9,12)4/h9-12,16-17H,5-8H2,1-4H3/t9-,10-,11+,12+,14+,15+/m1/s1. The molecule has 3 aliphatic carbocycles. The molecule has 2 heteroatoms. The van der Waals surface area contributed by atoms with Gasteiger partial charge in [0.1, 0.15) is 0 Å². The molecule has 3 saturated carbocycles. The zero-order chi connectivity index (χ0) is 12.6. The molecule has 0 aromatic heterocycles. The van der Waals surface area contributed by atoms with E-state index < -0.39 is 5.60 Å². The van der Waals surface area contributed by atoms with Gasteiger partial charge in [0.15, 0.2) is 0 Å². The Labute approximate surface area is 104 Å². The van der Waals surface area contributed by atoms with Crippen LogP contribution < -0.4 is 0 Å². The van der Waals surface area contributed by atoms with Crippen LogP contribution in [0.25, 0.3) is 0 Å². The minimum absolute atomic E-state index is 0.0525. The summed E-state index contributed by atoms with van der Waals surface area (Å²) in [6.45, 7) is 8.49. The van der Waals surface area contributed by atoms with Gasteiger partial charge in [-0.1, -0.05) is 13.8 Å². The molecule has 3 fully saturated rings. The van der Waals surface area contributed by atoms with Gasteiger partial charge >= 0.3 is 0 Å². The van der Waals surface area contributed by atoms with Crippen molar-refractivity contribution in [3.05, 3.63) is 0 Å². The topological polar surface area (TPSA) is 40.5 Å². The van der Waals surface area contributed by atoms with Crippen LogP contribution in [0.3, 0.4) is 0 Å². The second kappa shape index (κ2) is 3.08. The third kappa shape index (κ3) is 1.53. The first-order chi connectivity index (χ1) is 7.67. The van der Waals surface area contributed by atoms with E-state index in [0.717, 1.165) is 18.8 Å². The Balaban J connectivity index is 1.88. The van der Waals surface area contributed by atoms with Gasteiger partial charge in [0.25, 0.3) is 0 Å². The Morgan fingerprint density at radius 1 is 1.12 bits per heavy atom. The zero-order valence-electron chi connectivity index (χ0n) is 11.5. The first-order valence-electron chi connectivity index (χ1n) is 7.07. The van der Waals surface area contributed by atoms with Gasteiger partial charge in [-0.15, -0.1) is 0 Å². The lowest BCUT2D eigenvalue weighted by molar-refractivity contribution is -0.115. The predicted octanol–water partition coefficient (Wildman–Crippen LogP) is 2.58. The minimum atomic E-state index is -0.746. The maximum absolute atomic E-state index is 10.3. The Hall–Kier alpha value is -0.0800. The lowest BCUT2D eigenvalue weighted by atomic mass is 9.58. The summed E-state index contributed by atoms with van der Waals surface area (Å²) >= 11 is 0. The molecule has 0 radical (unpaired) electrons. The number of aliphatic hydroxyl groups excluding tert-OH is 1. The van der Waals surface area contributed by atoms with Crippen molar-refractivity contribution in [3.8, 4) is 0 Å². The Morgan fingerprint density at radius 2 is 1.76 bits per heavy atom. The molecular formula is C15H26O2. The molecule has 98 valence electrons. The fraction of sp³-hybridized carbons (Fsp3) is 1.00. The molecule has 0 aromatic carbocycles. The molecule has 17 heavy (non-hydrogen) atoms. The summed E-state index contributed by atoms with van der Waals surface area (Å²) in [5, 5.41) is 20.6. The first-order valence-corrected chi connectivity index (χ1v) is 7.07. The third-order valence-corrected chi connectivity index (χ3v) is 6.35. The molecule has 3 rings (SSSR count). The van der Waals surface area contributed by atoms with E-state index in [9.17, 15) is 10.2 Å². The van der Waals surface area contributed by atoms with Crippen LogP contribution in [0.2, 0.25) is 0 Å². The highest BCUT2D eigenvalue weighted by molar-refractivity contribution is 5.18. The second-order valence-electron chi connectivity index (χ2n) is 8.08. The Bertz CT molecular complexity index is 345. The lowest BCUT2D eigenvalue weighted by Gasteiger charge is -2.49. The molecule has 0 heterocycles. The fourth-order valence-electron chi connectivity index (χ4n) is 5.27. The van der Waals surface area contributed by atoms with Crippen molar-refractivity contribution >= 4 is 0 Å². The summed E-state index contributed by atoms with van der Waals surface area (Å²) < 4.78 is 0. The van der Waals surface area contributed by atoms with Gasteiger partial charge in [-0.2, -0.15) is 0 Å². The van der Waals surface area contributed by atoms with Crippen LogP contribution >= 0.6 is 0 Å². The monoisotopic (exact) mass is 238 g/mol. The quantitative estimate of drug-likeness (QED) is 0.737. The van der Waals surface area contributed by atoms with Crippen molar-refractivity contribution in [2.24, 2.45) is 28.6 Å². The van der Waals surface area contributed by atoms with Crippen molar-refractivity contribution < 1.29 is 10.2 Å². The van der Waals surface area contributed by atoms with E-state index in [0.29, 0.717) is 16.7 Å². The molecule has 0 unspecified atom stereocenters. The van der Waals surface area contributed by atoms with Gasteiger partial charge in [-0.25, -0.2) is 0 Å². The van der Waals surface area contributed by atoms with E-state index in [1.807, 2.05) is 13.8 Å². The van der Waals surface area contributed by atoms with E-state index in [1.165, 1.54) is 12.8 Å². The SMILES string of the molecule is CC(C)(O)[C@@H]1C[C@H]2[C@@](C)(C[C@@H]3C[C@@]32C)C[C@@H]1O. The van der Waals surface area contributed by atoms with Crippen molar-refractivity contribution in [3.63, 3.8) is 0 Å². The number of fused-ring (bicyclic) bond motifs is 3. The summed E-state index contributed by atoms with van der Waals surface area (Å²) in [7, 11) is 0. The fourth-order valence-corrected chi connectivity index (χ4v) is 5.27. The van der Waals surface area contributed by atoms with Crippen molar-refractivity contribution in [1.82, 2.24) is 0 Å². The van der Waals surface area contributed by atoms with Gasteiger partial charge in [-0.05, 0) is 62.2 Å². The number of hydrogen-bond acceptors (Lipinski definition) is 2. The molecule has 0 aromatic rings. The van der Waals surface area contributed by atoms with Gasteiger partial charge < -0.3 is 10.2 Å². The number of hydrogen-bond donors (Lipinski definition) is 2. The van der Waals surface area contributed by atoms with E-state index in [1.54, 1.807) is 0 Å². The van der Waals surface area contributed by atoms with E-state index >= 15 is 0 Å². The molecule has 0 aliphatic heterocycles.